The Hall–Kier alpha value is 2.90. The van der Waals surface area contributed by atoms with Gasteiger partial charge in [0.15, 0.2) is 0 Å². The van der Waals surface area contributed by atoms with E-state index in [9.17, 15) is 0 Å². The van der Waals surface area contributed by atoms with E-state index in [0.717, 1.165) is 0 Å². The topological polar surface area (TPSA) is 80.3 Å². The average Bonchev–Trinajstić information content (AvgIpc) is 0.722. The summed E-state index contributed by atoms with van der Waals surface area (Å²) in [6, 6.07) is 0. The molecule has 0 amide bonds. The van der Waals surface area contributed by atoms with E-state index in [2.05, 4.69) is 0 Å². The summed E-state index contributed by atoms with van der Waals surface area (Å²) in [7, 11) is -5.17. The van der Waals surface area contributed by atoms with Crippen LogP contribution in [0, 0.1) is 0 Å². The third-order valence-corrected chi connectivity index (χ3v) is 0. The molecule has 0 saturated heterocycles. The molecule has 8 heteroatoms. The van der Waals surface area contributed by atoms with Crippen LogP contribution in [0.2, 0.25) is 0 Å². The van der Waals surface area contributed by atoms with Crippen LogP contribution < -0.4 is 29.6 Å². The van der Waals surface area contributed by atoms with Crippen LogP contribution in [0.5, 0.6) is 0 Å². The van der Waals surface area contributed by atoms with Crippen LogP contribution in [-0.4, -0.2) is 78.3 Å². The van der Waals surface area contributed by atoms with Gasteiger partial charge in [0.05, 0.1) is 0 Å². The fraction of sp³-hybridized carbons (Fsp3) is 0. The van der Waals surface area contributed by atoms with Crippen LogP contribution in [0.4, 0.5) is 0 Å². The van der Waals surface area contributed by atoms with E-state index in [1.54, 1.807) is 0 Å². The Bertz CT molecular complexity index is 99.2. The summed E-state index contributed by atoms with van der Waals surface area (Å²) in [4.78, 5) is 0. The first-order valence-electron chi connectivity index (χ1n) is 0.667. The molecule has 0 rings (SSSR count). The largest absolute Gasteiger partial charge is 2.00 e. The third-order valence-electron chi connectivity index (χ3n) is 0. The molecule has 0 unspecified atom stereocenters. The zero-order chi connectivity index (χ0) is 4.50. The molecule has 0 bridgehead atoms. The number of rotatable bonds is 0. The minimum Gasteiger partial charge on any atom is -0.759 e. The Labute approximate surface area is 116 Å². The molecule has 0 radical (unpaired) electrons. The van der Waals surface area contributed by atoms with E-state index in [-0.39, 0.29) is 90.3 Å². The number of hydrogen-bond donors (Lipinski definition) is 0. The second-order valence-corrected chi connectivity index (χ2v) is 1.22. The molecule has 4 nitrogen and oxygen atoms in total. The van der Waals surface area contributed by atoms with E-state index < -0.39 is 10.4 Å². The van der Waals surface area contributed by atoms with E-state index in [1.165, 1.54) is 0 Å². The van der Waals surface area contributed by atoms with Gasteiger partial charge in [-0.1, -0.05) is 0 Å². The van der Waals surface area contributed by atoms with Gasteiger partial charge in [-0.3, -0.25) is 8.42 Å². The van der Waals surface area contributed by atoms with Crippen molar-refractivity contribution in [1.82, 2.24) is 0 Å². The molecule has 0 N–H and O–H groups in total. The molecule has 8 heavy (non-hydrogen) atoms. The zero-order valence-electron chi connectivity index (χ0n) is 4.46. The van der Waals surface area contributed by atoms with E-state index in [1.807, 2.05) is 0 Å². The van der Waals surface area contributed by atoms with Crippen molar-refractivity contribution in [2.24, 2.45) is 0 Å². The summed E-state index contributed by atoms with van der Waals surface area (Å²) in [6.45, 7) is 0. The SMILES string of the molecule is O=S(=O)([O-])[O-].[Ca+2].[Mg+2].[Na+]. The molecule has 0 aliphatic heterocycles. The van der Waals surface area contributed by atoms with Gasteiger partial charge < -0.3 is 9.11 Å². The second kappa shape index (κ2) is 9.90. The number of hydrogen-bond acceptors (Lipinski definition) is 4. The summed E-state index contributed by atoms with van der Waals surface area (Å²) >= 11 is 0. The Balaban J connectivity index is -0.0000000267. The minimum atomic E-state index is -5.17. The molecular weight excluding hydrogens is 183 g/mol. The minimum absolute atomic E-state index is 0. The molecule has 0 saturated carbocycles. The molecule has 0 aliphatic rings. The second-order valence-electron chi connectivity index (χ2n) is 0.408. The summed E-state index contributed by atoms with van der Waals surface area (Å²) in [5.41, 5.74) is 0. The molecule has 0 spiro atoms. The first-order chi connectivity index (χ1) is 2.00. The van der Waals surface area contributed by atoms with Crippen molar-refractivity contribution < 1.29 is 47.1 Å². The normalized spacial score (nSPS) is 7.25. The Morgan fingerprint density at radius 2 is 1.12 bits per heavy atom. The van der Waals surface area contributed by atoms with E-state index in [0.29, 0.717) is 0 Å². The molecule has 0 aliphatic carbocycles. The van der Waals surface area contributed by atoms with Crippen molar-refractivity contribution in [1.29, 1.82) is 0 Å². The van der Waals surface area contributed by atoms with Crippen LogP contribution in [0.1, 0.15) is 0 Å². The first kappa shape index (κ1) is 22.4. The van der Waals surface area contributed by atoms with Crippen molar-refractivity contribution in [3.05, 3.63) is 0 Å². The molecule has 0 fully saturated rings. The summed E-state index contributed by atoms with van der Waals surface area (Å²) in [5.74, 6) is 0. The maximum Gasteiger partial charge on any atom is 2.00 e. The maximum atomic E-state index is 8.52. The van der Waals surface area contributed by atoms with Gasteiger partial charge >= 0.3 is 90.3 Å². The molecule has 32 valence electrons. The van der Waals surface area contributed by atoms with Gasteiger partial charge in [-0.05, 0) is 0 Å². The van der Waals surface area contributed by atoms with Gasteiger partial charge in [0.1, 0.15) is 0 Å². The molecular formula is CaMgNaO4S+3. The molecule has 0 atom stereocenters. The van der Waals surface area contributed by atoms with Crippen LogP contribution >= 0.6 is 0 Å². The Morgan fingerprint density at radius 3 is 1.12 bits per heavy atom. The van der Waals surface area contributed by atoms with Crippen LogP contribution in [-0.2, 0) is 10.4 Å². The van der Waals surface area contributed by atoms with Crippen molar-refractivity contribution in [2.75, 3.05) is 0 Å². The molecule has 0 aromatic rings. The third kappa shape index (κ3) is 66.1. The van der Waals surface area contributed by atoms with Gasteiger partial charge in [0, 0.05) is 10.4 Å². The smallest absolute Gasteiger partial charge is 0.759 e. The Morgan fingerprint density at radius 1 is 1.12 bits per heavy atom. The van der Waals surface area contributed by atoms with E-state index >= 15 is 0 Å². The predicted molar refractivity (Wildman–Crippen MR) is 22.0 cm³/mol. The fourth-order valence-corrected chi connectivity index (χ4v) is 0. The van der Waals surface area contributed by atoms with Gasteiger partial charge in [-0.15, -0.1) is 0 Å². The van der Waals surface area contributed by atoms with Gasteiger partial charge in [0.25, 0.3) is 0 Å². The van der Waals surface area contributed by atoms with Gasteiger partial charge in [0.2, 0.25) is 0 Å². The van der Waals surface area contributed by atoms with E-state index in [4.69, 9.17) is 17.5 Å². The molecule has 0 heterocycles. The van der Waals surface area contributed by atoms with Crippen LogP contribution in [0.3, 0.4) is 0 Å². The fourth-order valence-electron chi connectivity index (χ4n) is 0. The van der Waals surface area contributed by atoms with Crippen molar-refractivity contribution >= 4 is 71.2 Å². The first-order valence-corrected chi connectivity index (χ1v) is 2.00. The summed E-state index contributed by atoms with van der Waals surface area (Å²) in [6.07, 6.45) is 0. The summed E-state index contributed by atoms with van der Waals surface area (Å²) in [5, 5.41) is 0. The van der Waals surface area contributed by atoms with Crippen molar-refractivity contribution in [3.8, 4) is 0 Å². The van der Waals surface area contributed by atoms with Gasteiger partial charge in [-0.2, -0.15) is 0 Å². The zero-order valence-corrected chi connectivity index (χ0v) is 10.9. The Kier molecular flexibility index (Phi) is 27.8. The summed E-state index contributed by atoms with van der Waals surface area (Å²) < 4.78 is 34.1. The van der Waals surface area contributed by atoms with Crippen LogP contribution in [0.15, 0.2) is 0 Å². The monoisotopic (exact) mass is 183 g/mol. The predicted octanol–water partition coefficient (Wildman–Crippen LogP) is -5.10. The average molecular weight is 183 g/mol. The quantitative estimate of drug-likeness (QED) is 0.214. The van der Waals surface area contributed by atoms with Crippen LogP contribution in [0.25, 0.3) is 0 Å². The van der Waals surface area contributed by atoms with Gasteiger partial charge in [-0.25, -0.2) is 0 Å². The molecule has 0 aromatic carbocycles. The van der Waals surface area contributed by atoms with Crippen molar-refractivity contribution in [2.45, 2.75) is 0 Å². The maximum absolute atomic E-state index is 8.52. The standard InChI is InChI=1S/Ca.Mg.Na.H2O4S/c;;;1-5(2,3)4/h;;;(H2,1,2,3,4)/q2*+2;+1;/p-2. The molecule has 0 aromatic heterocycles. The van der Waals surface area contributed by atoms with Crippen molar-refractivity contribution in [3.63, 3.8) is 0 Å².